The molecule has 2 atom stereocenters. The number of carbonyl (C=O) groups excluding carboxylic acids is 1. The average molecular weight is 217 g/mol. The third-order valence-electron chi connectivity index (χ3n) is 3.44. The molecule has 0 spiro atoms. The highest BCUT2D eigenvalue weighted by molar-refractivity contribution is 5.79. The highest BCUT2D eigenvalue weighted by atomic mass is 16.5. The average Bonchev–Trinajstić information content (AvgIpc) is 2.73. The number of hydrogen-bond acceptors (Lipinski definition) is 2. The zero-order chi connectivity index (χ0) is 11.0. The Kier molecular flexibility index (Phi) is 2.40. The highest BCUT2D eigenvalue weighted by Crippen LogP contribution is 2.36. The summed E-state index contributed by atoms with van der Waals surface area (Å²) in [5, 5.41) is 0. The fourth-order valence-electron chi connectivity index (χ4n) is 2.64. The number of fused-ring (bicyclic) bond motifs is 1. The number of ether oxygens (including phenoxy) is 1. The van der Waals surface area contributed by atoms with Gasteiger partial charge in [0.05, 0.1) is 6.61 Å². The topological polar surface area (TPSA) is 29.5 Å². The SMILES string of the molecule is O=C1CCC2CCOC(c3ccccc3)N12. The Morgan fingerprint density at radius 2 is 2.00 bits per heavy atom. The summed E-state index contributed by atoms with van der Waals surface area (Å²) in [6.07, 6.45) is 2.49. The summed E-state index contributed by atoms with van der Waals surface area (Å²) in [4.78, 5) is 13.8. The van der Waals surface area contributed by atoms with E-state index in [9.17, 15) is 4.79 Å². The summed E-state index contributed by atoms with van der Waals surface area (Å²) in [5.41, 5.74) is 1.09. The number of rotatable bonds is 1. The van der Waals surface area contributed by atoms with Gasteiger partial charge >= 0.3 is 0 Å². The molecule has 2 fully saturated rings. The third-order valence-corrected chi connectivity index (χ3v) is 3.44. The van der Waals surface area contributed by atoms with Crippen molar-refractivity contribution in [1.29, 1.82) is 0 Å². The third kappa shape index (κ3) is 1.52. The molecule has 2 aliphatic heterocycles. The summed E-state index contributed by atoms with van der Waals surface area (Å²) >= 11 is 0. The van der Waals surface area contributed by atoms with E-state index in [0.717, 1.165) is 25.0 Å². The Bertz CT molecular complexity index is 390. The van der Waals surface area contributed by atoms with E-state index in [-0.39, 0.29) is 12.1 Å². The van der Waals surface area contributed by atoms with Crippen molar-refractivity contribution in [3.05, 3.63) is 35.9 Å². The summed E-state index contributed by atoms with van der Waals surface area (Å²) < 4.78 is 5.75. The fraction of sp³-hybridized carbons (Fsp3) is 0.462. The molecule has 2 unspecified atom stereocenters. The van der Waals surface area contributed by atoms with Crippen LogP contribution in [0.15, 0.2) is 30.3 Å². The van der Waals surface area contributed by atoms with Crippen LogP contribution in [0.3, 0.4) is 0 Å². The van der Waals surface area contributed by atoms with Crippen molar-refractivity contribution in [3.8, 4) is 0 Å². The minimum absolute atomic E-state index is 0.157. The molecule has 0 radical (unpaired) electrons. The van der Waals surface area contributed by atoms with Crippen LogP contribution in [0.4, 0.5) is 0 Å². The number of benzene rings is 1. The molecule has 3 heteroatoms. The van der Waals surface area contributed by atoms with E-state index in [1.165, 1.54) is 0 Å². The fourth-order valence-corrected chi connectivity index (χ4v) is 2.64. The lowest BCUT2D eigenvalue weighted by Crippen LogP contribution is -2.42. The van der Waals surface area contributed by atoms with Crippen LogP contribution in [0.2, 0.25) is 0 Å². The van der Waals surface area contributed by atoms with Gasteiger partial charge in [-0.15, -0.1) is 0 Å². The van der Waals surface area contributed by atoms with E-state index in [4.69, 9.17) is 4.74 Å². The van der Waals surface area contributed by atoms with Crippen LogP contribution in [0, 0.1) is 0 Å². The molecule has 2 saturated heterocycles. The van der Waals surface area contributed by atoms with Gasteiger partial charge < -0.3 is 9.64 Å². The van der Waals surface area contributed by atoms with Crippen LogP contribution in [0.5, 0.6) is 0 Å². The van der Waals surface area contributed by atoms with Crippen LogP contribution in [-0.2, 0) is 9.53 Å². The maximum Gasteiger partial charge on any atom is 0.225 e. The number of nitrogens with zero attached hydrogens (tertiary/aromatic N) is 1. The monoisotopic (exact) mass is 217 g/mol. The predicted octanol–water partition coefficient (Wildman–Crippen LogP) is 2.10. The van der Waals surface area contributed by atoms with Crippen molar-refractivity contribution >= 4 is 5.91 Å². The molecule has 0 bridgehead atoms. The van der Waals surface area contributed by atoms with Crippen molar-refractivity contribution in [1.82, 2.24) is 4.90 Å². The van der Waals surface area contributed by atoms with Crippen molar-refractivity contribution in [2.45, 2.75) is 31.5 Å². The van der Waals surface area contributed by atoms with E-state index in [0.29, 0.717) is 12.5 Å². The van der Waals surface area contributed by atoms with Gasteiger partial charge in [0, 0.05) is 18.0 Å². The molecule has 0 N–H and O–H groups in total. The smallest absolute Gasteiger partial charge is 0.225 e. The minimum Gasteiger partial charge on any atom is -0.354 e. The van der Waals surface area contributed by atoms with Gasteiger partial charge in [-0.1, -0.05) is 30.3 Å². The molecule has 84 valence electrons. The van der Waals surface area contributed by atoms with Crippen LogP contribution in [0.25, 0.3) is 0 Å². The van der Waals surface area contributed by atoms with Crippen molar-refractivity contribution in [3.63, 3.8) is 0 Å². The first-order valence-corrected chi connectivity index (χ1v) is 5.84. The van der Waals surface area contributed by atoms with E-state index in [1.54, 1.807) is 0 Å². The molecule has 0 aliphatic carbocycles. The van der Waals surface area contributed by atoms with Gasteiger partial charge in [0.15, 0.2) is 6.23 Å². The van der Waals surface area contributed by atoms with Gasteiger partial charge in [0.25, 0.3) is 0 Å². The highest BCUT2D eigenvalue weighted by Gasteiger charge is 2.39. The van der Waals surface area contributed by atoms with Gasteiger partial charge in [0.2, 0.25) is 5.91 Å². The summed E-state index contributed by atoms with van der Waals surface area (Å²) in [6.45, 7) is 0.758. The number of carbonyl (C=O) groups is 1. The van der Waals surface area contributed by atoms with Crippen LogP contribution >= 0.6 is 0 Å². The van der Waals surface area contributed by atoms with E-state index < -0.39 is 0 Å². The number of amides is 1. The van der Waals surface area contributed by atoms with Crippen molar-refractivity contribution in [2.24, 2.45) is 0 Å². The second-order valence-electron chi connectivity index (χ2n) is 4.42. The van der Waals surface area contributed by atoms with Crippen LogP contribution < -0.4 is 0 Å². The molecule has 2 heterocycles. The predicted molar refractivity (Wildman–Crippen MR) is 59.6 cm³/mol. The molecule has 1 amide bonds. The molecule has 0 aromatic heterocycles. The summed E-state index contributed by atoms with van der Waals surface area (Å²) in [5.74, 6) is 0.235. The second-order valence-corrected chi connectivity index (χ2v) is 4.42. The molecule has 1 aromatic rings. The van der Waals surface area contributed by atoms with Crippen LogP contribution in [0.1, 0.15) is 31.1 Å². The minimum atomic E-state index is -0.157. The molecular formula is C13H15NO2. The molecule has 0 saturated carbocycles. The zero-order valence-electron chi connectivity index (χ0n) is 9.13. The Balaban J connectivity index is 1.92. The molecule has 16 heavy (non-hydrogen) atoms. The largest absolute Gasteiger partial charge is 0.354 e. The van der Waals surface area contributed by atoms with Gasteiger partial charge in [-0.3, -0.25) is 4.79 Å². The Morgan fingerprint density at radius 3 is 2.81 bits per heavy atom. The Morgan fingerprint density at radius 1 is 1.19 bits per heavy atom. The standard InChI is InChI=1S/C13H15NO2/c15-12-7-6-11-8-9-16-13(14(11)12)10-4-2-1-3-5-10/h1-5,11,13H,6-9H2. The lowest BCUT2D eigenvalue weighted by Gasteiger charge is -2.37. The normalized spacial score (nSPS) is 29.2. The molecule has 2 aliphatic rings. The first kappa shape index (κ1) is 9.85. The molecular weight excluding hydrogens is 202 g/mol. The Hall–Kier alpha value is -1.35. The first-order chi connectivity index (χ1) is 7.86. The Labute approximate surface area is 95.0 Å². The van der Waals surface area contributed by atoms with Crippen LogP contribution in [-0.4, -0.2) is 23.5 Å². The molecule has 3 rings (SSSR count). The van der Waals surface area contributed by atoms with Crippen molar-refractivity contribution in [2.75, 3.05) is 6.61 Å². The van der Waals surface area contributed by atoms with Gasteiger partial charge in [0.1, 0.15) is 0 Å². The summed E-state index contributed by atoms with van der Waals surface area (Å²) in [6, 6.07) is 10.4. The molecule has 1 aromatic carbocycles. The van der Waals surface area contributed by atoms with Gasteiger partial charge in [-0.25, -0.2) is 0 Å². The number of hydrogen-bond donors (Lipinski definition) is 0. The lowest BCUT2D eigenvalue weighted by atomic mass is 10.1. The molecule has 3 nitrogen and oxygen atoms in total. The lowest BCUT2D eigenvalue weighted by molar-refractivity contribution is -0.156. The second kappa shape index (κ2) is 3.91. The maximum atomic E-state index is 11.8. The van der Waals surface area contributed by atoms with Crippen molar-refractivity contribution < 1.29 is 9.53 Å². The van der Waals surface area contributed by atoms with E-state index in [1.807, 2.05) is 35.2 Å². The van der Waals surface area contributed by atoms with Gasteiger partial charge in [-0.2, -0.15) is 0 Å². The van der Waals surface area contributed by atoms with E-state index in [2.05, 4.69) is 0 Å². The zero-order valence-corrected chi connectivity index (χ0v) is 9.13. The van der Waals surface area contributed by atoms with Gasteiger partial charge in [-0.05, 0) is 12.8 Å². The quantitative estimate of drug-likeness (QED) is 0.721. The van der Waals surface area contributed by atoms with E-state index >= 15 is 0 Å². The maximum absolute atomic E-state index is 11.8. The first-order valence-electron chi connectivity index (χ1n) is 5.84. The summed E-state index contributed by atoms with van der Waals surface area (Å²) in [7, 11) is 0.